The molecule has 0 aliphatic carbocycles. The summed E-state index contributed by atoms with van der Waals surface area (Å²) in [6.45, 7) is 0. The van der Waals surface area contributed by atoms with Crippen LogP contribution < -0.4 is 0 Å². The number of carbonyl (C=O) groups excluding carboxylic acids is 1. The van der Waals surface area contributed by atoms with Crippen LogP contribution in [0.1, 0.15) is 28.8 Å². The molecule has 0 unspecified atom stereocenters. The summed E-state index contributed by atoms with van der Waals surface area (Å²) in [4.78, 5) is 11.9. The van der Waals surface area contributed by atoms with Crippen molar-refractivity contribution in [1.82, 2.24) is 0 Å². The molecule has 0 atom stereocenters. The Labute approximate surface area is 99.8 Å². The summed E-state index contributed by atoms with van der Waals surface area (Å²) < 4.78 is 23.5. The molecule has 88 valence electrons. The molecule has 5 heteroatoms. The first-order valence-electron chi connectivity index (χ1n) is 5.30. The van der Waals surface area contributed by atoms with Gasteiger partial charge in [0, 0.05) is 5.56 Å². The smallest absolute Gasteiger partial charge is 0.178 e. The van der Waals surface area contributed by atoms with Gasteiger partial charge in [-0.1, -0.05) is 6.07 Å². The second-order valence-corrected chi connectivity index (χ2v) is 6.08. The zero-order valence-corrected chi connectivity index (χ0v) is 9.96. The SMILES string of the molecule is N#CCC(=O)c1ccc2c(c1)CCCS2(=O)=O. The van der Waals surface area contributed by atoms with E-state index in [1.54, 1.807) is 12.1 Å². The fraction of sp³-hybridized carbons (Fsp3) is 0.333. The Kier molecular flexibility index (Phi) is 2.99. The van der Waals surface area contributed by atoms with Crippen molar-refractivity contribution in [3.63, 3.8) is 0 Å². The van der Waals surface area contributed by atoms with Gasteiger partial charge in [-0.2, -0.15) is 5.26 Å². The number of aryl methyl sites for hydroxylation is 1. The van der Waals surface area contributed by atoms with Crippen LogP contribution in [0.2, 0.25) is 0 Å². The van der Waals surface area contributed by atoms with Crippen molar-refractivity contribution in [3.8, 4) is 6.07 Å². The van der Waals surface area contributed by atoms with Gasteiger partial charge in [-0.25, -0.2) is 8.42 Å². The Morgan fingerprint density at radius 3 is 2.88 bits per heavy atom. The number of rotatable bonds is 2. The van der Waals surface area contributed by atoms with Crippen LogP contribution in [0.25, 0.3) is 0 Å². The number of fused-ring (bicyclic) bond motifs is 1. The third kappa shape index (κ3) is 2.22. The van der Waals surface area contributed by atoms with Gasteiger partial charge < -0.3 is 0 Å². The van der Waals surface area contributed by atoms with E-state index in [-0.39, 0.29) is 18.0 Å². The van der Waals surface area contributed by atoms with Crippen LogP contribution in [0.5, 0.6) is 0 Å². The number of nitriles is 1. The van der Waals surface area contributed by atoms with E-state index in [2.05, 4.69) is 0 Å². The van der Waals surface area contributed by atoms with Crippen molar-refractivity contribution in [2.24, 2.45) is 0 Å². The molecule has 0 spiro atoms. The Bertz CT molecular complexity index is 611. The number of ketones is 1. The van der Waals surface area contributed by atoms with Gasteiger partial charge in [0.25, 0.3) is 0 Å². The molecule has 1 aromatic carbocycles. The third-order valence-corrected chi connectivity index (χ3v) is 4.71. The van der Waals surface area contributed by atoms with E-state index in [1.165, 1.54) is 12.1 Å². The number of Topliss-reactive ketones (excluding diaryl/α,β-unsaturated/α-hetero) is 1. The number of carbonyl (C=O) groups is 1. The first-order valence-corrected chi connectivity index (χ1v) is 6.95. The number of hydrogen-bond acceptors (Lipinski definition) is 4. The van der Waals surface area contributed by atoms with E-state index in [0.29, 0.717) is 28.9 Å². The standard InChI is InChI=1S/C12H11NO3S/c13-6-5-11(14)9-3-4-12-10(8-9)2-1-7-17(12,15)16/h3-4,8H,1-2,5,7H2. The monoisotopic (exact) mass is 249 g/mol. The molecule has 0 aromatic heterocycles. The zero-order chi connectivity index (χ0) is 12.5. The third-order valence-electron chi connectivity index (χ3n) is 2.82. The molecule has 1 heterocycles. The molecule has 0 amide bonds. The molecule has 1 aliphatic rings. The molecule has 4 nitrogen and oxygen atoms in total. The van der Waals surface area contributed by atoms with E-state index in [4.69, 9.17) is 5.26 Å². The molecule has 0 bridgehead atoms. The predicted octanol–water partition coefficient (Wildman–Crippen LogP) is 1.50. The van der Waals surface area contributed by atoms with Gasteiger partial charge in [-0.15, -0.1) is 0 Å². The Morgan fingerprint density at radius 2 is 2.18 bits per heavy atom. The summed E-state index contributed by atoms with van der Waals surface area (Å²) in [6, 6.07) is 6.37. The molecule has 17 heavy (non-hydrogen) atoms. The summed E-state index contributed by atoms with van der Waals surface area (Å²) in [6.07, 6.45) is 1.08. The maximum Gasteiger partial charge on any atom is 0.178 e. The summed E-state index contributed by atoms with van der Waals surface area (Å²) in [7, 11) is -3.17. The second-order valence-electron chi connectivity index (χ2n) is 4.00. The summed E-state index contributed by atoms with van der Waals surface area (Å²) >= 11 is 0. The highest BCUT2D eigenvalue weighted by molar-refractivity contribution is 7.91. The maximum absolute atomic E-state index is 11.7. The van der Waals surface area contributed by atoms with Crippen molar-refractivity contribution in [2.45, 2.75) is 24.2 Å². The predicted molar refractivity (Wildman–Crippen MR) is 61.4 cm³/mol. The number of hydrogen-bond donors (Lipinski definition) is 0. The lowest BCUT2D eigenvalue weighted by Crippen LogP contribution is -2.16. The van der Waals surface area contributed by atoms with Crippen LogP contribution in [0, 0.1) is 11.3 Å². The van der Waals surface area contributed by atoms with Crippen molar-refractivity contribution >= 4 is 15.6 Å². The quantitative estimate of drug-likeness (QED) is 0.744. The maximum atomic E-state index is 11.7. The fourth-order valence-electron chi connectivity index (χ4n) is 1.99. The van der Waals surface area contributed by atoms with Gasteiger partial charge in [0.05, 0.1) is 23.1 Å². The first kappa shape index (κ1) is 11.8. The summed E-state index contributed by atoms with van der Waals surface area (Å²) in [5.74, 6) is -0.0934. The van der Waals surface area contributed by atoms with Crippen molar-refractivity contribution < 1.29 is 13.2 Å². The van der Waals surface area contributed by atoms with Crippen LogP contribution >= 0.6 is 0 Å². The van der Waals surface area contributed by atoms with Crippen LogP contribution in [0.15, 0.2) is 23.1 Å². The first-order chi connectivity index (χ1) is 8.04. The molecule has 0 N–H and O–H groups in total. The van der Waals surface area contributed by atoms with E-state index < -0.39 is 9.84 Å². The van der Waals surface area contributed by atoms with Crippen molar-refractivity contribution in [3.05, 3.63) is 29.3 Å². The van der Waals surface area contributed by atoms with Crippen LogP contribution in [0.3, 0.4) is 0 Å². The molecular weight excluding hydrogens is 238 g/mol. The van der Waals surface area contributed by atoms with E-state index in [9.17, 15) is 13.2 Å². The molecule has 0 radical (unpaired) electrons. The van der Waals surface area contributed by atoms with Gasteiger partial charge in [0.15, 0.2) is 15.6 Å². The molecule has 0 fully saturated rings. The lowest BCUT2D eigenvalue weighted by molar-refractivity contribution is 0.0997. The Morgan fingerprint density at radius 1 is 1.41 bits per heavy atom. The summed E-state index contributed by atoms with van der Waals surface area (Å²) in [5, 5.41) is 8.45. The topological polar surface area (TPSA) is 75.0 Å². The fourth-order valence-corrected chi connectivity index (χ4v) is 3.57. The average molecular weight is 249 g/mol. The highest BCUT2D eigenvalue weighted by Gasteiger charge is 2.24. The zero-order valence-electron chi connectivity index (χ0n) is 9.14. The van der Waals surface area contributed by atoms with Crippen molar-refractivity contribution in [2.75, 3.05) is 5.75 Å². The lowest BCUT2D eigenvalue weighted by atomic mass is 10.0. The minimum absolute atomic E-state index is 0.172. The normalized spacial score (nSPS) is 16.9. The van der Waals surface area contributed by atoms with Gasteiger partial charge in [0.1, 0.15) is 0 Å². The average Bonchev–Trinajstić information content (AvgIpc) is 2.28. The molecule has 1 aromatic rings. The largest absolute Gasteiger partial charge is 0.293 e. The molecule has 0 saturated heterocycles. The van der Waals surface area contributed by atoms with Crippen LogP contribution in [-0.4, -0.2) is 20.0 Å². The molecule has 2 rings (SSSR count). The lowest BCUT2D eigenvalue weighted by Gasteiger charge is -2.16. The van der Waals surface area contributed by atoms with Crippen molar-refractivity contribution in [1.29, 1.82) is 5.26 Å². The number of sulfone groups is 1. The Hall–Kier alpha value is -1.67. The van der Waals surface area contributed by atoms with E-state index in [1.807, 2.05) is 0 Å². The second kappa shape index (κ2) is 4.30. The highest BCUT2D eigenvalue weighted by atomic mass is 32.2. The summed E-state index contributed by atoms with van der Waals surface area (Å²) in [5.41, 5.74) is 1.11. The van der Waals surface area contributed by atoms with Gasteiger partial charge in [0.2, 0.25) is 0 Å². The number of nitrogens with zero attached hydrogens (tertiary/aromatic N) is 1. The van der Waals surface area contributed by atoms with E-state index in [0.717, 1.165) is 0 Å². The minimum atomic E-state index is -3.17. The van der Waals surface area contributed by atoms with Crippen LogP contribution in [-0.2, 0) is 16.3 Å². The van der Waals surface area contributed by atoms with Gasteiger partial charge in [-0.3, -0.25) is 4.79 Å². The van der Waals surface area contributed by atoms with E-state index >= 15 is 0 Å². The number of benzene rings is 1. The highest BCUT2D eigenvalue weighted by Crippen LogP contribution is 2.26. The molecular formula is C12H11NO3S. The van der Waals surface area contributed by atoms with Gasteiger partial charge in [-0.05, 0) is 30.5 Å². The van der Waals surface area contributed by atoms with Gasteiger partial charge >= 0.3 is 0 Å². The van der Waals surface area contributed by atoms with Crippen LogP contribution in [0.4, 0.5) is 0 Å². The molecule has 0 saturated carbocycles. The Balaban J connectivity index is 2.46. The minimum Gasteiger partial charge on any atom is -0.293 e. The molecule has 1 aliphatic heterocycles.